The molecule has 0 atom stereocenters. The first kappa shape index (κ1) is 14.2. The van der Waals surface area contributed by atoms with Crippen molar-refractivity contribution in [2.45, 2.75) is 45.6 Å². The molecule has 1 aromatic carbocycles. The smallest absolute Gasteiger partial charge is 0.201 e. The third-order valence-electron chi connectivity index (χ3n) is 4.97. The van der Waals surface area contributed by atoms with Crippen molar-refractivity contribution in [3.63, 3.8) is 0 Å². The Morgan fingerprint density at radius 2 is 1.95 bits per heavy atom. The highest BCUT2D eigenvalue weighted by Crippen LogP contribution is 2.33. The molecule has 1 heterocycles. The number of ether oxygens (including phenoxy) is 1. The normalized spacial score (nSPS) is 22.6. The number of nitrogens with zero attached hydrogens (tertiary/aromatic N) is 2. The van der Waals surface area contributed by atoms with Crippen LogP contribution in [0, 0.1) is 11.8 Å². The molecule has 1 saturated carbocycles. The molecule has 3 rings (SSSR count). The summed E-state index contributed by atoms with van der Waals surface area (Å²) in [5.74, 6) is 3.11. The van der Waals surface area contributed by atoms with Crippen LogP contribution >= 0.6 is 0 Å². The molecule has 114 valence electrons. The van der Waals surface area contributed by atoms with Gasteiger partial charge in [-0.25, -0.2) is 4.98 Å². The first-order valence-electron chi connectivity index (χ1n) is 8.01. The Kier molecular flexibility index (Phi) is 4.04. The lowest BCUT2D eigenvalue weighted by atomic mass is 9.81. The van der Waals surface area contributed by atoms with Crippen LogP contribution in [0.1, 0.15) is 39.0 Å². The minimum Gasteiger partial charge on any atom is -0.497 e. The molecule has 2 N–H and O–H groups in total. The summed E-state index contributed by atoms with van der Waals surface area (Å²) in [6, 6.07) is 6.00. The molecule has 1 aliphatic rings. The number of nitrogens with two attached hydrogens (primary N) is 1. The molecule has 0 unspecified atom stereocenters. The molecule has 0 bridgehead atoms. The van der Waals surface area contributed by atoms with Crippen LogP contribution in [0.4, 0.5) is 5.95 Å². The molecule has 0 aliphatic heterocycles. The van der Waals surface area contributed by atoms with Gasteiger partial charge in [-0.2, -0.15) is 0 Å². The van der Waals surface area contributed by atoms with E-state index in [1.165, 1.54) is 32.1 Å². The van der Waals surface area contributed by atoms with Gasteiger partial charge >= 0.3 is 0 Å². The number of anilines is 1. The van der Waals surface area contributed by atoms with Crippen LogP contribution in [0.15, 0.2) is 18.2 Å². The summed E-state index contributed by atoms with van der Waals surface area (Å²) in [7, 11) is 1.67. The molecular formula is C17H25N3O. The van der Waals surface area contributed by atoms with Gasteiger partial charge in [0.05, 0.1) is 18.1 Å². The van der Waals surface area contributed by atoms with Gasteiger partial charge in [0.25, 0.3) is 0 Å². The van der Waals surface area contributed by atoms with E-state index in [1.54, 1.807) is 7.11 Å². The van der Waals surface area contributed by atoms with Crippen LogP contribution in [0.5, 0.6) is 5.75 Å². The standard InChI is InChI=1S/C17H25N3O/c1-3-12-4-6-13(7-5-12)11-20-16-9-8-14(21-2)10-15(16)19-17(20)18/h8-10,12-13H,3-7,11H2,1-2H3,(H2,18,19). The number of methoxy groups -OCH3 is 1. The van der Waals surface area contributed by atoms with Gasteiger partial charge in [0.15, 0.2) is 0 Å². The van der Waals surface area contributed by atoms with Gasteiger partial charge in [-0.1, -0.05) is 26.2 Å². The lowest BCUT2D eigenvalue weighted by Crippen LogP contribution is -2.19. The van der Waals surface area contributed by atoms with Crippen molar-refractivity contribution < 1.29 is 4.74 Å². The molecule has 2 aromatic rings. The van der Waals surface area contributed by atoms with Crippen LogP contribution < -0.4 is 10.5 Å². The predicted octanol–water partition coefficient (Wildman–Crippen LogP) is 3.84. The zero-order valence-corrected chi connectivity index (χ0v) is 13.0. The Bertz CT molecular complexity index is 612. The Balaban J connectivity index is 1.79. The number of nitrogen functional groups attached to an aromatic ring is 1. The fraction of sp³-hybridized carbons (Fsp3) is 0.588. The summed E-state index contributed by atoms with van der Waals surface area (Å²) in [5.41, 5.74) is 8.17. The molecule has 0 radical (unpaired) electrons. The third-order valence-corrected chi connectivity index (χ3v) is 4.97. The summed E-state index contributed by atoms with van der Waals surface area (Å²) >= 11 is 0. The highest BCUT2D eigenvalue weighted by Gasteiger charge is 2.21. The summed E-state index contributed by atoms with van der Waals surface area (Å²) < 4.78 is 7.43. The zero-order valence-electron chi connectivity index (χ0n) is 13.0. The van der Waals surface area contributed by atoms with Crippen LogP contribution in [0.25, 0.3) is 11.0 Å². The van der Waals surface area contributed by atoms with Crippen LogP contribution in [0.3, 0.4) is 0 Å². The number of benzene rings is 1. The second-order valence-corrected chi connectivity index (χ2v) is 6.23. The monoisotopic (exact) mass is 287 g/mol. The Morgan fingerprint density at radius 3 is 2.62 bits per heavy atom. The van der Waals surface area contributed by atoms with Gasteiger partial charge in [0.1, 0.15) is 5.75 Å². The average molecular weight is 287 g/mol. The molecule has 4 heteroatoms. The lowest BCUT2D eigenvalue weighted by molar-refractivity contribution is 0.250. The van der Waals surface area contributed by atoms with Crippen LogP contribution in [-0.4, -0.2) is 16.7 Å². The molecule has 1 aliphatic carbocycles. The first-order valence-corrected chi connectivity index (χ1v) is 8.01. The van der Waals surface area contributed by atoms with Crippen molar-refractivity contribution >= 4 is 17.0 Å². The maximum Gasteiger partial charge on any atom is 0.201 e. The number of fused-ring (bicyclic) bond motifs is 1. The van der Waals surface area contributed by atoms with Gasteiger partial charge in [-0.3, -0.25) is 0 Å². The average Bonchev–Trinajstić information content (AvgIpc) is 2.83. The van der Waals surface area contributed by atoms with Gasteiger partial charge in [0.2, 0.25) is 5.95 Å². The van der Waals surface area contributed by atoms with Crippen molar-refractivity contribution in [3.05, 3.63) is 18.2 Å². The fourth-order valence-electron chi connectivity index (χ4n) is 3.53. The molecule has 0 spiro atoms. The number of hydrogen-bond donors (Lipinski definition) is 1. The van der Waals surface area contributed by atoms with E-state index in [2.05, 4.69) is 22.5 Å². The van der Waals surface area contributed by atoms with Crippen molar-refractivity contribution in [3.8, 4) is 5.75 Å². The second-order valence-electron chi connectivity index (χ2n) is 6.23. The summed E-state index contributed by atoms with van der Waals surface area (Å²) in [6.07, 6.45) is 6.67. The Hall–Kier alpha value is -1.71. The van der Waals surface area contributed by atoms with Crippen molar-refractivity contribution in [1.29, 1.82) is 0 Å². The highest BCUT2D eigenvalue weighted by atomic mass is 16.5. The maximum absolute atomic E-state index is 6.13. The Morgan fingerprint density at radius 1 is 1.24 bits per heavy atom. The largest absolute Gasteiger partial charge is 0.497 e. The summed E-state index contributed by atoms with van der Waals surface area (Å²) in [6.45, 7) is 3.30. The summed E-state index contributed by atoms with van der Waals surface area (Å²) in [5, 5.41) is 0. The quantitative estimate of drug-likeness (QED) is 0.929. The van der Waals surface area contributed by atoms with Gasteiger partial charge in [-0.05, 0) is 36.8 Å². The van der Waals surface area contributed by atoms with Crippen LogP contribution in [-0.2, 0) is 6.54 Å². The van der Waals surface area contributed by atoms with Gasteiger partial charge in [-0.15, -0.1) is 0 Å². The lowest BCUT2D eigenvalue weighted by Gasteiger charge is -2.28. The molecule has 1 aromatic heterocycles. The summed E-state index contributed by atoms with van der Waals surface area (Å²) in [4.78, 5) is 4.48. The van der Waals surface area contributed by atoms with E-state index in [9.17, 15) is 0 Å². The molecule has 21 heavy (non-hydrogen) atoms. The van der Waals surface area contributed by atoms with Crippen molar-refractivity contribution in [2.24, 2.45) is 11.8 Å². The molecule has 4 nitrogen and oxygen atoms in total. The van der Waals surface area contributed by atoms with E-state index in [4.69, 9.17) is 10.5 Å². The number of aromatic nitrogens is 2. The first-order chi connectivity index (χ1) is 10.2. The van der Waals surface area contributed by atoms with E-state index in [0.717, 1.165) is 35.2 Å². The zero-order chi connectivity index (χ0) is 14.8. The number of imidazole rings is 1. The molecule has 0 saturated heterocycles. The van der Waals surface area contributed by atoms with Crippen molar-refractivity contribution in [2.75, 3.05) is 12.8 Å². The minimum atomic E-state index is 0.621. The SMILES string of the molecule is CCC1CCC(Cn2c(N)nc3cc(OC)ccc32)CC1. The van der Waals surface area contributed by atoms with E-state index < -0.39 is 0 Å². The van der Waals surface area contributed by atoms with E-state index >= 15 is 0 Å². The van der Waals surface area contributed by atoms with E-state index in [-0.39, 0.29) is 0 Å². The van der Waals surface area contributed by atoms with Crippen molar-refractivity contribution in [1.82, 2.24) is 9.55 Å². The maximum atomic E-state index is 6.13. The number of hydrogen-bond acceptors (Lipinski definition) is 3. The second kappa shape index (κ2) is 5.96. The highest BCUT2D eigenvalue weighted by molar-refractivity contribution is 5.79. The van der Waals surface area contributed by atoms with E-state index in [1.807, 2.05) is 12.1 Å². The molecule has 0 amide bonds. The predicted molar refractivity (Wildman–Crippen MR) is 86.4 cm³/mol. The van der Waals surface area contributed by atoms with E-state index in [0.29, 0.717) is 5.95 Å². The minimum absolute atomic E-state index is 0.621. The Labute approximate surface area is 126 Å². The molecule has 1 fully saturated rings. The third kappa shape index (κ3) is 2.85. The number of rotatable bonds is 4. The van der Waals surface area contributed by atoms with Gasteiger partial charge < -0.3 is 15.0 Å². The van der Waals surface area contributed by atoms with Gasteiger partial charge in [0, 0.05) is 12.6 Å². The topological polar surface area (TPSA) is 53.1 Å². The van der Waals surface area contributed by atoms with Crippen LogP contribution in [0.2, 0.25) is 0 Å². The molecular weight excluding hydrogens is 262 g/mol. The fourth-order valence-corrected chi connectivity index (χ4v) is 3.53.